The number of nitrogens with zero attached hydrogens (tertiary/aromatic N) is 4. The summed E-state index contributed by atoms with van der Waals surface area (Å²) < 4.78 is 22.5. The molecule has 4 aromatic rings. The summed E-state index contributed by atoms with van der Waals surface area (Å²) in [4.78, 5) is 0. The van der Waals surface area contributed by atoms with Crippen LogP contribution in [0.5, 0.6) is 0 Å². The second-order valence-corrected chi connectivity index (χ2v) is 8.66. The van der Waals surface area contributed by atoms with Gasteiger partial charge in [-0.05, 0) is 26.3 Å². The highest BCUT2D eigenvalue weighted by Gasteiger charge is 2.26. The van der Waals surface area contributed by atoms with Gasteiger partial charge in [0.25, 0.3) is 0 Å². The molecule has 0 spiro atoms. The Labute approximate surface area is 187 Å². The zero-order chi connectivity index (χ0) is 22.4. The topological polar surface area (TPSA) is 94.5 Å². The predicted molar refractivity (Wildman–Crippen MR) is 126 cm³/mol. The summed E-state index contributed by atoms with van der Waals surface area (Å²) in [5.74, 6) is 0.426. The van der Waals surface area contributed by atoms with E-state index in [2.05, 4.69) is 20.4 Å². The van der Waals surface area contributed by atoms with Crippen molar-refractivity contribution in [2.24, 2.45) is 4.74 Å². The summed E-state index contributed by atoms with van der Waals surface area (Å²) in [6.45, 7) is 6.87. The molecule has 0 radical (unpaired) electrons. The lowest BCUT2D eigenvalue weighted by Crippen LogP contribution is -2.00. The van der Waals surface area contributed by atoms with Crippen LogP contribution in [0.3, 0.4) is 0 Å². The maximum absolute atomic E-state index is 5.90. The van der Waals surface area contributed by atoms with Crippen molar-refractivity contribution in [3.8, 4) is 22.4 Å². The number of nitrogens with one attached hydrogen (secondary N) is 1. The molecule has 0 aliphatic carbocycles. The van der Waals surface area contributed by atoms with Gasteiger partial charge in [-0.15, -0.1) is 10.2 Å². The molecule has 1 N–H and O–H groups in total. The van der Waals surface area contributed by atoms with Crippen LogP contribution in [-0.4, -0.2) is 40.2 Å². The summed E-state index contributed by atoms with van der Waals surface area (Å²) in [6, 6.07) is 20.0. The molecular weight excluding hydrogens is 425 g/mol. The molecule has 32 heavy (non-hydrogen) atoms. The lowest BCUT2D eigenvalue weighted by molar-refractivity contribution is 0.163. The van der Waals surface area contributed by atoms with Crippen LogP contribution in [0.25, 0.3) is 33.4 Å². The molecule has 2 aromatic heterocycles. The van der Waals surface area contributed by atoms with Gasteiger partial charge < -0.3 is 13.6 Å². The van der Waals surface area contributed by atoms with E-state index >= 15 is 0 Å². The van der Waals surface area contributed by atoms with Crippen LogP contribution in [0.15, 0.2) is 65.4 Å². The Bertz CT molecular complexity index is 1200. The van der Waals surface area contributed by atoms with Gasteiger partial charge in [0.05, 0.1) is 25.2 Å². The van der Waals surface area contributed by atoms with Gasteiger partial charge in [-0.1, -0.05) is 60.7 Å². The SMILES string of the molecule is CCOP(=Nc1n[nH]c2nnc(-c3ccccc3)c(-c3ccccc3)c12)(OCC)OCC. The van der Waals surface area contributed by atoms with E-state index in [4.69, 9.17) is 18.3 Å². The van der Waals surface area contributed by atoms with Gasteiger partial charge in [0.2, 0.25) is 0 Å². The van der Waals surface area contributed by atoms with Crippen LogP contribution >= 0.6 is 7.74 Å². The molecule has 166 valence electrons. The third-order valence-corrected chi connectivity index (χ3v) is 6.86. The molecular formula is C23H26N5O3P. The average Bonchev–Trinajstić information content (AvgIpc) is 3.22. The van der Waals surface area contributed by atoms with Crippen molar-refractivity contribution in [1.29, 1.82) is 0 Å². The number of aromatic nitrogens is 4. The average molecular weight is 451 g/mol. The molecule has 2 heterocycles. The molecule has 0 bridgehead atoms. The monoisotopic (exact) mass is 451 g/mol. The summed E-state index contributed by atoms with van der Waals surface area (Å²) in [5.41, 5.74) is 4.10. The first kappa shape index (κ1) is 22.3. The van der Waals surface area contributed by atoms with E-state index in [1.165, 1.54) is 0 Å². The number of rotatable bonds is 9. The Hall–Kier alpha value is -2.90. The molecule has 0 aliphatic heterocycles. The first-order chi connectivity index (χ1) is 15.7. The van der Waals surface area contributed by atoms with E-state index in [0.29, 0.717) is 31.3 Å². The van der Waals surface area contributed by atoms with E-state index < -0.39 is 7.74 Å². The fourth-order valence-electron chi connectivity index (χ4n) is 3.45. The quantitative estimate of drug-likeness (QED) is 0.297. The Morgan fingerprint density at radius 2 is 1.34 bits per heavy atom. The Kier molecular flexibility index (Phi) is 7.07. The minimum Gasteiger partial charge on any atom is -0.303 e. The van der Waals surface area contributed by atoms with Gasteiger partial charge in [0.15, 0.2) is 11.5 Å². The van der Waals surface area contributed by atoms with E-state index in [1.54, 1.807) is 0 Å². The highest BCUT2D eigenvalue weighted by Crippen LogP contribution is 2.56. The standard InChI is InChI=1S/C23H26N5O3P/c1-4-29-32(30-5-2,31-6-3)28-23-20-19(17-13-9-7-10-14-17)21(18-15-11-8-12-16-18)24-25-22(20)26-27-23/h7-16H,4-6H2,1-3H3,(H,25,26,27). The fourth-order valence-corrected chi connectivity index (χ4v) is 5.21. The van der Waals surface area contributed by atoms with Gasteiger partial charge in [-0.25, -0.2) is 0 Å². The van der Waals surface area contributed by atoms with Gasteiger partial charge in [0.1, 0.15) is 5.69 Å². The van der Waals surface area contributed by atoms with Crippen molar-refractivity contribution in [2.75, 3.05) is 19.8 Å². The maximum Gasteiger partial charge on any atom is 0.362 e. The van der Waals surface area contributed by atoms with E-state index in [1.807, 2.05) is 81.4 Å². The highest BCUT2D eigenvalue weighted by atomic mass is 31.2. The number of H-pyrrole nitrogens is 1. The molecule has 0 saturated carbocycles. The lowest BCUT2D eigenvalue weighted by Gasteiger charge is -2.21. The molecule has 0 atom stereocenters. The molecule has 8 nitrogen and oxygen atoms in total. The zero-order valence-electron chi connectivity index (χ0n) is 18.4. The van der Waals surface area contributed by atoms with Crippen molar-refractivity contribution in [3.05, 3.63) is 60.7 Å². The summed E-state index contributed by atoms with van der Waals surface area (Å²) in [5, 5.41) is 17.1. The first-order valence-corrected chi connectivity index (χ1v) is 12.1. The molecule has 2 aromatic carbocycles. The lowest BCUT2D eigenvalue weighted by atomic mass is 9.97. The van der Waals surface area contributed by atoms with Crippen molar-refractivity contribution in [3.63, 3.8) is 0 Å². The van der Waals surface area contributed by atoms with Crippen molar-refractivity contribution in [1.82, 2.24) is 20.4 Å². The number of benzene rings is 2. The van der Waals surface area contributed by atoms with E-state index in [0.717, 1.165) is 27.8 Å². The molecule has 0 amide bonds. The number of fused-ring (bicyclic) bond motifs is 1. The number of hydrogen-bond donors (Lipinski definition) is 1. The summed E-state index contributed by atoms with van der Waals surface area (Å²) in [7, 11) is -2.99. The number of aromatic amines is 1. The maximum atomic E-state index is 5.90. The van der Waals surface area contributed by atoms with Gasteiger partial charge in [-0.2, -0.15) is 9.84 Å². The normalized spacial score (nSPS) is 11.7. The first-order valence-electron chi connectivity index (χ1n) is 10.6. The molecule has 0 aliphatic rings. The third-order valence-electron chi connectivity index (χ3n) is 4.67. The summed E-state index contributed by atoms with van der Waals surface area (Å²) >= 11 is 0. The van der Waals surface area contributed by atoms with Crippen LogP contribution in [0.2, 0.25) is 0 Å². The van der Waals surface area contributed by atoms with Gasteiger partial charge in [0, 0.05) is 11.1 Å². The van der Waals surface area contributed by atoms with E-state index in [9.17, 15) is 0 Å². The van der Waals surface area contributed by atoms with Crippen LogP contribution in [0.1, 0.15) is 20.8 Å². The zero-order valence-corrected chi connectivity index (χ0v) is 19.3. The van der Waals surface area contributed by atoms with Gasteiger partial charge >= 0.3 is 7.74 Å². The summed E-state index contributed by atoms with van der Waals surface area (Å²) in [6.07, 6.45) is 0. The minimum absolute atomic E-state index is 0.403. The largest absolute Gasteiger partial charge is 0.362 e. The molecule has 9 heteroatoms. The fraction of sp³-hybridized carbons (Fsp3) is 0.261. The van der Waals surface area contributed by atoms with Crippen LogP contribution in [0.4, 0.5) is 5.82 Å². The Morgan fingerprint density at radius 1 is 0.781 bits per heavy atom. The molecule has 0 unspecified atom stereocenters. The molecule has 0 fully saturated rings. The highest BCUT2D eigenvalue weighted by molar-refractivity contribution is 7.51. The van der Waals surface area contributed by atoms with Gasteiger partial charge in [-0.3, -0.25) is 5.10 Å². The van der Waals surface area contributed by atoms with Crippen LogP contribution < -0.4 is 0 Å². The molecule has 0 saturated heterocycles. The Morgan fingerprint density at radius 3 is 1.91 bits per heavy atom. The van der Waals surface area contributed by atoms with Crippen molar-refractivity contribution < 1.29 is 13.6 Å². The third kappa shape index (κ3) is 4.49. The smallest absolute Gasteiger partial charge is 0.303 e. The van der Waals surface area contributed by atoms with Crippen LogP contribution in [0, 0.1) is 0 Å². The van der Waals surface area contributed by atoms with E-state index in [-0.39, 0.29) is 0 Å². The molecule has 4 rings (SSSR count). The van der Waals surface area contributed by atoms with Crippen molar-refractivity contribution in [2.45, 2.75) is 20.8 Å². The second kappa shape index (κ2) is 10.1. The van der Waals surface area contributed by atoms with Crippen LogP contribution in [-0.2, 0) is 13.6 Å². The minimum atomic E-state index is -2.99. The second-order valence-electron chi connectivity index (χ2n) is 6.75. The predicted octanol–water partition coefficient (Wildman–Crippen LogP) is 6.37. The Balaban J connectivity index is 2.04. The number of hydrogen-bond acceptors (Lipinski definition) is 7. The van der Waals surface area contributed by atoms with Crippen molar-refractivity contribution >= 4 is 24.6 Å².